The molecule has 0 unspecified atom stereocenters. The summed E-state index contributed by atoms with van der Waals surface area (Å²) in [5.41, 5.74) is 7.00. The minimum absolute atomic E-state index is 0.635. The third-order valence-electron chi connectivity index (χ3n) is 3.52. The molecule has 2 aromatic heterocycles. The largest absolute Gasteiger partial charge is 0.383 e. The van der Waals surface area contributed by atoms with Crippen LogP contribution in [0.2, 0.25) is 0 Å². The van der Waals surface area contributed by atoms with Crippen LogP contribution in [0, 0.1) is 0 Å². The average molecular weight is 280 g/mol. The lowest BCUT2D eigenvalue weighted by atomic mass is 10.3. The van der Waals surface area contributed by atoms with Gasteiger partial charge in [0, 0.05) is 37.7 Å². The molecule has 1 saturated carbocycles. The zero-order valence-electron chi connectivity index (χ0n) is 11.2. The number of hydrogen-bond donors (Lipinski definition) is 1. The fourth-order valence-electron chi connectivity index (χ4n) is 2.46. The van der Waals surface area contributed by atoms with Gasteiger partial charge >= 0.3 is 0 Å². The number of anilines is 1. The van der Waals surface area contributed by atoms with Gasteiger partial charge in [-0.1, -0.05) is 0 Å². The Morgan fingerprint density at radius 1 is 1.58 bits per heavy atom. The standard InChI is InChI=1S/C13H20N4OS/c1-18-8-6-16(10-2-3-10)12-11(4-5-14)17-7-9-19-13(17)15-12/h7,9-10H,2-6,8,14H2,1H3. The molecule has 0 bridgehead atoms. The molecule has 1 aliphatic carbocycles. The molecule has 0 amide bonds. The van der Waals surface area contributed by atoms with Gasteiger partial charge in [0.2, 0.25) is 0 Å². The van der Waals surface area contributed by atoms with Gasteiger partial charge in [0.25, 0.3) is 0 Å². The molecule has 6 heteroatoms. The number of thiazole rings is 1. The van der Waals surface area contributed by atoms with Crippen LogP contribution in [-0.2, 0) is 11.2 Å². The third-order valence-corrected chi connectivity index (χ3v) is 4.27. The summed E-state index contributed by atoms with van der Waals surface area (Å²) in [4.78, 5) is 8.26. The van der Waals surface area contributed by atoms with Crippen LogP contribution in [0.25, 0.3) is 4.96 Å². The first-order valence-electron chi connectivity index (χ1n) is 6.75. The summed E-state index contributed by atoms with van der Waals surface area (Å²) in [6.07, 6.45) is 5.47. The van der Waals surface area contributed by atoms with Crippen LogP contribution < -0.4 is 10.6 Å². The van der Waals surface area contributed by atoms with Crippen molar-refractivity contribution in [1.29, 1.82) is 0 Å². The number of rotatable bonds is 7. The van der Waals surface area contributed by atoms with Crippen molar-refractivity contribution in [3.8, 4) is 0 Å². The zero-order chi connectivity index (χ0) is 13.2. The lowest BCUT2D eigenvalue weighted by Crippen LogP contribution is -2.31. The molecule has 3 rings (SSSR count). The molecule has 0 atom stereocenters. The molecule has 0 saturated heterocycles. The Bertz CT molecular complexity index is 546. The Kier molecular flexibility index (Phi) is 3.72. The number of fused-ring (bicyclic) bond motifs is 1. The Hall–Kier alpha value is -1.11. The van der Waals surface area contributed by atoms with E-state index < -0.39 is 0 Å². The van der Waals surface area contributed by atoms with E-state index in [4.69, 9.17) is 15.5 Å². The molecular formula is C13H20N4OS. The Morgan fingerprint density at radius 2 is 2.42 bits per heavy atom. The Labute approximate surface area is 117 Å². The quantitative estimate of drug-likeness (QED) is 0.835. The number of nitrogens with zero attached hydrogens (tertiary/aromatic N) is 3. The van der Waals surface area contributed by atoms with Crippen molar-refractivity contribution in [1.82, 2.24) is 9.38 Å². The highest BCUT2D eigenvalue weighted by Gasteiger charge is 2.32. The summed E-state index contributed by atoms with van der Waals surface area (Å²) >= 11 is 1.67. The molecule has 1 aliphatic rings. The van der Waals surface area contributed by atoms with Crippen molar-refractivity contribution < 1.29 is 4.74 Å². The van der Waals surface area contributed by atoms with E-state index >= 15 is 0 Å². The van der Waals surface area contributed by atoms with Gasteiger partial charge in [-0.2, -0.15) is 0 Å². The van der Waals surface area contributed by atoms with Crippen LogP contribution in [0.15, 0.2) is 11.6 Å². The number of aromatic nitrogens is 2. The van der Waals surface area contributed by atoms with Gasteiger partial charge in [-0.25, -0.2) is 4.98 Å². The molecule has 2 heterocycles. The SMILES string of the molecule is COCCN(c1nc2sccn2c1CCN)C1CC1. The van der Waals surface area contributed by atoms with Crippen LogP contribution in [-0.4, -0.2) is 42.2 Å². The maximum atomic E-state index is 5.76. The highest BCUT2D eigenvalue weighted by Crippen LogP contribution is 2.34. The van der Waals surface area contributed by atoms with Crippen molar-refractivity contribution in [3.05, 3.63) is 17.3 Å². The summed E-state index contributed by atoms with van der Waals surface area (Å²) in [6.45, 7) is 2.30. The van der Waals surface area contributed by atoms with E-state index in [1.54, 1.807) is 18.4 Å². The molecule has 5 nitrogen and oxygen atoms in total. The van der Waals surface area contributed by atoms with E-state index in [9.17, 15) is 0 Å². The van der Waals surface area contributed by atoms with Gasteiger partial charge in [0.1, 0.15) is 0 Å². The van der Waals surface area contributed by atoms with Crippen LogP contribution in [0.3, 0.4) is 0 Å². The van der Waals surface area contributed by atoms with Crippen molar-refractivity contribution in [2.24, 2.45) is 5.73 Å². The number of imidazole rings is 1. The Balaban J connectivity index is 1.95. The van der Waals surface area contributed by atoms with Crippen molar-refractivity contribution in [3.63, 3.8) is 0 Å². The van der Waals surface area contributed by atoms with Crippen molar-refractivity contribution in [2.45, 2.75) is 25.3 Å². The van der Waals surface area contributed by atoms with Gasteiger partial charge < -0.3 is 15.4 Å². The summed E-state index contributed by atoms with van der Waals surface area (Å²) in [5, 5.41) is 2.07. The minimum atomic E-state index is 0.635. The molecule has 0 spiro atoms. The first kappa shape index (κ1) is 12.9. The van der Waals surface area contributed by atoms with Crippen molar-refractivity contribution >= 4 is 22.1 Å². The number of ether oxygens (including phenoxy) is 1. The van der Waals surface area contributed by atoms with E-state index in [1.165, 1.54) is 18.5 Å². The summed E-state index contributed by atoms with van der Waals surface area (Å²) in [6, 6.07) is 0.635. The fraction of sp³-hybridized carbons (Fsp3) is 0.615. The summed E-state index contributed by atoms with van der Waals surface area (Å²) in [7, 11) is 1.75. The van der Waals surface area contributed by atoms with E-state index in [-0.39, 0.29) is 0 Å². The van der Waals surface area contributed by atoms with Gasteiger partial charge in [-0.3, -0.25) is 4.40 Å². The summed E-state index contributed by atoms with van der Waals surface area (Å²) in [5.74, 6) is 1.11. The minimum Gasteiger partial charge on any atom is -0.383 e. The smallest absolute Gasteiger partial charge is 0.195 e. The molecular weight excluding hydrogens is 260 g/mol. The first-order valence-corrected chi connectivity index (χ1v) is 7.63. The lowest BCUT2D eigenvalue weighted by molar-refractivity contribution is 0.204. The second kappa shape index (κ2) is 5.48. The van der Waals surface area contributed by atoms with E-state index in [1.807, 2.05) is 0 Å². The highest BCUT2D eigenvalue weighted by atomic mass is 32.1. The van der Waals surface area contributed by atoms with Gasteiger partial charge in [0.15, 0.2) is 10.8 Å². The maximum Gasteiger partial charge on any atom is 0.195 e. The van der Waals surface area contributed by atoms with Crippen LogP contribution in [0.4, 0.5) is 5.82 Å². The normalized spacial score (nSPS) is 15.3. The molecule has 2 N–H and O–H groups in total. The molecule has 19 heavy (non-hydrogen) atoms. The molecule has 0 aliphatic heterocycles. The number of nitrogens with two attached hydrogens (primary N) is 1. The Morgan fingerprint density at radius 3 is 3.11 bits per heavy atom. The van der Waals surface area contributed by atoms with Gasteiger partial charge in [-0.15, -0.1) is 11.3 Å². The average Bonchev–Trinajstić information content (AvgIpc) is 3.04. The topological polar surface area (TPSA) is 55.8 Å². The van der Waals surface area contributed by atoms with Crippen LogP contribution in [0.5, 0.6) is 0 Å². The van der Waals surface area contributed by atoms with E-state index in [0.717, 1.165) is 30.4 Å². The third kappa shape index (κ3) is 2.48. The second-order valence-corrected chi connectivity index (χ2v) is 5.77. The van der Waals surface area contributed by atoms with Gasteiger partial charge in [0.05, 0.1) is 12.3 Å². The lowest BCUT2D eigenvalue weighted by Gasteiger charge is -2.23. The van der Waals surface area contributed by atoms with Gasteiger partial charge in [-0.05, 0) is 19.4 Å². The maximum absolute atomic E-state index is 5.76. The molecule has 0 aromatic carbocycles. The molecule has 1 fully saturated rings. The fourth-order valence-corrected chi connectivity index (χ4v) is 3.19. The van der Waals surface area contributed by atoms with Crippen LogP contribution in [0.1, 0.15) is 18.5 Å². The monoisotopic (exact) mass is 280 g/mol. The van der Waals surface area contributed by atoms with Crippen molar-refractivity contribution in [2.75, 3.05) is 31.7 Å². The predicted octanol–water partition coefficient (Wildman–Crippen LogP) is 1.51. The first-order chi connectivity index (χ1) is 9.35. The van der Waals surface area contributed by atoms with Crippen LogP contribution >= 0.6 is 11.3 Å². The zero-order valence-corrected chi connectivity index (χ0v) is 12.0. The predicted molar refractivity (Wildman–Crippen MR) is 78.1 cm³/mol. The second-order valence-electron chi connectivity index (χ2n) is 4.89. The highest BCUT2D eigenvalue weighted by molar-refractivity contribution is 7.15. The molecule has 104 valence electrons. The number of hydrogen-bond acceptors (Lipinski definition) is 5. The number of methoxy groups -OCH3 is 1. The molecule has 2 aromatic rings. The van der Waals surface area contributed by atoms with E-state index in [0.29, 0.717) is 12.6 Å². The molecule has 0 radical (unpaired) electrons. The summed E-state index contributed by atoms with van der Waals surface area (Å²) < 4.78 is 7.40. The van der Waals surface area contributed by atoms with E-state index in [2.05, 4.69) is 20.9 Å².